The van der Waals surface area contributed by atoms with Crippen molar-refractivity contribution in [1.82, 2.24) is 9.47 Å². The van der Waals surface area contributed by atoms with Gasteiger partial charge in [-0.2, -0.15) is 5.26 Å². The molecule has 2 rings (SSSR count). The van der Waals surface area contributed by atoms with E-state index < -0.39 is 0 Å². The van der Waals surface area contributed by atoms with Gasteiger partial charge in [0.15, 0.2) is 5.58 Å². The van der Waals surface area contributed by atoms with E-state index in [1.807, 2.05) is 32.3 Å². The van der Waals surface area contributed by atoms with Gasteiger partial charge in [0.1, 0.15) is 0 Å². The number of aromatic nitrogens is 1. The molecule has 0 aliphatic heterocycles. The van der Waals surface area contributed by atoms with E-state index in [1.165, 1.54) is 4.57 Å². The summed E-state index contributed by atoms with van der Waals surface area (Å²) in [5.41, 5.74) is 2.43. The van der Waals surface area contributed by atoms with Crippen molar-refractivity contribution >= 4 is 11.1 Å². The number of benzene rings is 1. The SMILES string of the molecule is CN(C)C(CCC#N)c1ccc2c(c1)oc(=O)n2C. The van der Waals surface area contributed by atoms with E-state index in [-0.39, 0.29) is 11.8 Å². The Morgan fingerprint density at radius 3 is 2.84 bits per heavy atom. The molecular formula is C14H17N3O2. The molecule has 0 amide bonds. The number of aryl methyl sites for hydroxylation is 1. The number of nitriles is 1. The topological polar surface area (TPSA) is 62.2 Å². The Labute approximate surface area is 111 Å². The Hall–Kier alpha value is -2.06. The van der Waals surface area contributed by atoms with Crippen LogP contribution in [0.4, 0.5) is 0 Å². The van der Waals surface area contributed by atoms with Gasteiger partial charge in [0.25, 0.3) is 0 Å². The minimum Gasteiger partial charge on any atom is -0.408 e. The number of hydrogen-bond acceptors (Lipinski definition) is 4. The van der Waals surface area contributed by atoms with Crippen molar-refractivity contribution in [3.05, 3.63) is 34.3 Å². The van der Waals surface area contributed by atoms with E-state index in [4.69, 9.17) is 9.68 Å². The number of oxazole rings is 1. The molecule has 1 unspecified atom stereocenters. The van der Waals surface area contributed by atoms with Crippen molar-refractivity contribution < 1.29 is 4.42 Å². The van der Waals surface area contributed by atoms with Crippen LogP contribution in [0.5, 0.6) is 0 Å². The number of fused-ring (bicyclic) bond motifs is 1. The fourth-order valence-electron chi connectivity index (χ4n) is 2.28. The van der Waals surface area contributed by atoms with Gasteiger partial charge in [-0.15, -0.1) is 0 Å². The normalized spacial score (nSPS) is 12.8. The van der Waals surface area contributed by atoms with Crippen LogP contribution in [0.1, 0.15) is 24.4 Å². The quantitative estimate of drug-likeness (QED) is 0.843. The summed E-state index contributed by atoms with van der Waals surface area (Å²) < 4.78 is 6.68. The number of hydrogen-bond donors (Lipinski definition) is 0. The Balaban J connectivity index is 2.43. The fourth-order valence-corrected chi connectivity index (χ4v) is 2.28. The molecule has 19 heavy (non-hydrogen) atoms. The van der Waals surface area contributed by atoms with Crippen LogP contribution in [-0.4, -0.2) is 23.6 Å². The van der Waals surface area contributed by atoms with Gasteiger partial charge in [-0.05, 0) is 38.2 Å². The first-order chi connectivity index (χ1) is 9.04. The van der Waals surface area contributed by atoms with Crippen molar-refractivity contribution in [3.63, 3.8) is 0 Å². The predicted molar refractivity (Wildman–Crippen MR) is 72.7 cm³/mol. The molecule has 1 atom stereocenters. The summed E-state index contributed by atoms with van der Waals surface area (Å²) in [6.07, 6.45) is 1.26. The largest absolute Gasteiger partial charge is 0.419 e. The Kier molecular flexibility index (Phi) is 3.72. The Morgan fingerprint density at radius 2 is 2.21 bits per heavy atom. The highest BCUT2D eigenvalue weighted by Crippen LogP contribution is 2.26. The zero-order valence-corrected chi connectivity index (χ0v) is 11.4. The predicted octanol–water partition coefficient (Wildman–Crippen LogP) is 2.04. The maximum absolute atomic E-state index is 11.5. The van der Waals surface area contributed by atoms with E-state index in [2.05, 4.69) is 11.0 Å². The summed E-state index contributed by atoms with van der Waals surface area (Å²) in [5, 5.41) is 8.72. The first-order valence-corrected chi connectivity index (χ1v) is 6.17. The molecule has 5 nitrogen and oxygen atoms in total. The maximum atomic E-state index is 11.5. The zero-order valence-electron chi connectivity index (χ0n) is 11.4. The highest BCUT2D eigenvalue weighted by atomic mass is 16.4. The molecule has 0 radical (unpaired) electrons. The van der Waals surface area contributed by atoms with Crippen LogP contribution in [0.3, 0.4) is 0 Å². The van der Waals surface area contributed by atoms with Gasteiger partial charge in [-0.25, -0.2) is 4.79 Å². The molecule has 0 saturated heterocycles. The lowest BCUT2D eigenvalue weighted by Gasteiger charge is -2.23. The molecule has 0 fully saturated rings. The smallest absolute Gasteiger partial charge is 0.408 e. The average molecular weight is 259 g/mol. The van der Waals surface area contributed by atoms with Gasteiger partial charge in [-0.1, -0.05) is 6.07 Å². The first kappa shape index (κ1) is 13.4. The first-order valence-electron chi connectivity index (χ1n) is 6.17. The molecule has 0 spiro atoms. The summed E-state index contributed by atoms with van der Waals surface area (Å²) in [7, 11) is 5.65. The number of rotatable bonds is 4. The van der Waals surface area contributed by atoms with Crippen LogP contribution in [0.25, 0.3) is 11.1 Å². The molecule has 100 valence electrons. The molecule has 1 aromatic carbocycles. The van der Waals surface area contributed by atoms with Gasteiger partial charge in [-0.3, -0.25) is 4.57 Å². The Bertz CT molecular complexity index is 676. The van der Waals surface area contributed by atoms with Crippen LogP contribution in [0, 0.1) is 11.3 Å². The van der Waals surface area contributed by atoms with E-state index in [0.717, 1.165) is 17.5 Å². The van der Waals surface area contributed by atoms with Gasteiger partial charge in [0.05, 0.1) is 11.6 Å². The van der Waals surface area contributed by atoms with Crippen molar-refractivity contribution in [2.24, 2.45) is 7.05 Å². The van der Waals surface area contributed by atoms with E-state index in [0.29, 0.717) is 12.0 Å². The second-order valence-corrected chi connectivity index (χ2v) is 4.83. The van der Waals surface area contributed by atoms with E-state index in [1.54, 1.807) is 7.05 Å². The number of nitrogens with zero attached hydrogens (tertiary/aromatic N) is 3. The van der Waals surface area contributed by atoms with Gasteiger partial charge < -0.3 is 9.32 Å². The summed E-state index contributed by atoms with van der Waals surface area (Å²) in [4.78, 5) is 13.5. The molecule has 2 aromatic rings. The maximum Gasteiger partial charge on any atom is 0.419 e. The third-order valence-corrected chi connectivity index (χ3v) is 3.35. The lowest BCUT2D eigenvalue weighted by Crippen LogP contribution is -2.19. The molecule has 1 heterocycles. The fraction of sp³-hybridized carbons (Fsp3) is 0.429. The van der Waals surface area contributed by atoms with Crippen LogP contribution in [0.2, 0.25) is 0 Å². The molecule has 1 aromatic heterocycles. The molecule has 0 saturated carbocycles. The monoisotopic (exact) mass is 259 g/mol. The van der Waals surface area contributed by atoms with Crippen molar-refractivity contribution in [2.45, 2.75) is 18.9 Å². The average Bonchev–Trinajstić information content (AvgIpc) is 2.65. The highest BCUT2D eigenvalue weighted by Gasteiger charge is 2.16. The minimum absolute atomic E-state index is 0.148. The van der Waals surface area contributed by atoms with Gasteiger partial charge >= 0.3 is 5.76 Å². The van der Waals surface area contributed by atoms with Gasteiger partial charge in [0.2, 0.25) is 0 Å². The molecule has 0 aliphatic carbocycles. The second kappa shape index (κ2) is 5.29. The summed E-state index contributed by atoms with van der Waals surface area (Å²) in [5.74, 6) is -0.356. The molecular weight excluding hydrogens is 242 g/mol. The van der Waals surface area contributed by atoms with Crippen LogP contribution in [-0.2, 0) is 7.05 Å². The van der Waals surface area contributed by atoms with Crippen LogP contribution in [0.15, 0.2) is 27.4 Å². The molecule has 0 bridgehead atoms. The summed E-state index contributed by atoms with van der Waals surface area (Å²) in [6, 6.07) is 8.08. The van der Waals surface area contributed by atoms with Crippen molar-refractivity contribution in [3.8, 4) is 6.07 Å². The van der Waals surface area contributed by atoms with Crippen molar-refractivity contribution in [2.75, 3.05) is 14.1 Å². The zero-order chi connectivity index (χ0) is 14.0. The minimum atomic E-state index is -0.356. The van der Waals surface area contributed by atoms with Crippen LogP contribution < -0.4 is 5.76 Å². The summed E-state index contributed by atoms with van der Waals surface area (Å²) in [6.45, 7) is 0. The third-order valence-electron chi connectivity index (χ3n) is 3.35. The lowest BCUT2D eigenvalue weighted by molar-refractivity contribution is 0.286. The van der Waals surface area contributed by atoms with Crippen molar-refractivity contribution in [1.29, 1.82) is 5.26 Å². The van der Waals surface area contributed by atoms with Gasteiger partial charge in [0, 0.05) is 19.5 Å². The molecule has 0 aliphatic rings. The molecule has 5 heteroatoms. The van der Waals surface area contributed by atoms with E-state index >= 15 is 0 Å². The second-order valence-electron chi connectivity index (χ2n) is 4.83. The summed E-state index contributed by atoms with van der Waals surface area (Å²) >= 11 is 0. The standard InChI is InChI=1S/C14H17N3O2/c1-16(2)11(5-4-8-15)10-6-7-12-13(9-10)19-14(18)17(12)3/h6-7,9,11H,4-5H2,1-3H3. The van der Waals surface area contributed by atoms with E-state index in [9.17, 15) is 4.79 Å². The van der Waals surface area contributed by atoms with Crippen LogP contribution >= 0.6 is 0 Å². The molecule has 0 N–H and O–H groups in total. The Morgan fingerprint density at radius 1 is 1.47 bits per heavy atom. The third kappa shape index (κ3) is 2.54. The highest BCUT2D eigenvalue weighted by molar-refractivity contribution is 5.73. The lowest BCUT2D eigenvalue weighted by atomic mass is 10.0.